The molecule has 3 saturated heterocycles. The quantitative estimate of drug-likeness (QED) is 0.728. The second-order valence-electron chi connectivity index (χ2n) is 8.59. The van der Waals surface area contributed by atoms with Crippen molar-refractivity contribution >= 4 is 33.4 Å². The summed E-state index contributed by atoms with van der Waals surface area (Å²) < 4.78 is 12.5. The van der Waals surface area contributed by atoms with Gasteiger partial charge in [0.1, 0.15) is 5.60 Å². The zero-order chi connectivity index (χ0) is 20.6. The fraction of sp³-hybridized carbons (Fsp3) is 0.591. The first-order valence-corrected chi connectivity index (χ1v) is 11.5. The summed E-state index contributed by atoms with van der Waals surface area (Å²) >= 11 is 1.66. The van der Waals surface area contributed by atoms with Crippen LogP contribution in [0.5, 0.6) is 0 Å². The molecule has 3 fully saturated rings. The van der Waals surface area contributed by atoms with Crippen LogP contribution >= 0.6 is 11.3 Å². The molecular weight excluding hydrogens is 402 g/mol. The lowest BCUT2D eigenvalue weighted by Crippen LogP contribution is -2.63. The maximum absolute atomic E-state index is 12.6. The summed E-state index contributed by atoms with van der Waals surface area (Å²) in [7, 11) is 0. The number of fused-ring (bicyclic) bond motifs is 1. The van der Waals surface area contributed by atoms with Gasteiger partial charge in [-0.25, -0.2) is 4.98 Å². The standard InChI is InChI=1S/C22H27N3O4S/c26-20(6-5-19-23-17-3-1-2-4-18(17)30-19)25-14-22(15-25)12-16(13-29-22)11-21(27)24-7-9-28-10-8-24/h1-4,16H,5-15H2/t16-/m0/s1. The van der Waals surface area contributed by atoms with E-state index in [9.17, 15) is 9.59 Å². The van der Waals surface area contributed by atoms with E-state index < -0.39 is 0 Å². The number of carbonyl (C=O) groups excluding carboxylic acids is 2. The van der Waals surface area contributed by atoms with E-state index in [4.69, 9.17) is 9.47 Å². The van der Waals surface area contributed by atoms with Crippen molar-refractivity contribution in [2.45, 2.75) is 31.3 Å². The number of aryl methyl sites for hydroxylation is 1. The number of likely N-dealkylation sites (tertiary alicyclic amines) is 1. The van der Waals surface area contributed by atoms with Gasteiger partial charge in [0, 0.05) is 32.4 Å². The first kappa shape index (κ1) is 19.9. The van der Waals surface area contributed by atoms with Crippen LogP contribution in [0.2, 0.25) is 0 Å². The highest BCUT2D eigenvalue weighted by Gasteiger charge is 2.51. The second kappa shape index (κ2) is 8.24. The Labute approximate surface area is 179 Å². The van der Waals surface area contributed by atoms with E-state index >= 15 is 0 Å². The number of hydrogen-bond donors (Lipinski definition) is 0. The van der Waals surface area contributed by atoms with Crippen LogP contribution in [0.3, 0.4) is 0 Å². The smallest absolute Gasteiger partial charge is 0.223 e. The normalized spacial score (nSPS) is 23.1. The Morgan fingerprint density at radius 2 is 1.93 bits per heavy atom. The number of ether oxygens (including phenoxy) is 2. The summed E-state index contributed by atoms with van der Waals surface area (Å²) in [6, 6.07) is 8.07. The van der Waals surface area contributed by atoms with E-state index in [-0.39, 0.29) is 23.3 Å². The molecule has 1 aromatic heterocycles. The predicted octanol–water partition coefficient (Wildman–Crippen LogP) is 2.10. The van der Waals surface area contributed by atoms with Crippen molar-refractivity contribution in [3.05, 3.63) is 29.3 Å². The Morgan fingerprint density at radius 3 is 2.73 bits per heavy atom. The summed E-state index contributed by atoms with van der Waals surface area (Å²) in [6.45, 7) is 4.55. The Hall–Kier alpha value is -2.03. The maximum Gasteiger partial charge on any atom is 0.223 e. The largest absolute Gasteiger partial charge is 0.378 e. The summed E-state index contributed by atoms with van der Waals surface area (Å²) in [5.41, 5.74) is 0.770. The van der Waals surface area contributed by atoms with Crippen molar-refractivity contribution in [1.29, 1.82) is 0 Å². The van der Waals surface area contributed by atoms with E-state index in [1.165, 1.54) is 4.70 Å². The van der Waals surface area contributed by atoms with Crippen molar-refractivity contribution in [1.82, 2.24) is 14.8 Å². The molecule has 4 heterocycles. The van der Waals surface area contributed by atoms with E-state index in [1.54, 1.807) is 11.3 Å². The molecule has 3 aliphatic heterocycles. The van der Waals surface area contributed by atoms with Gasteiger partial charge in [0.2, 0.25) is 11.8 Å². The third-order valence-corrected chi connectivity index (χ3v) is 7.41. The third-order valence-electron chi connectivity index (χ3n) is 6.31. The number of rotatable bonds is 5. The SMILES string of the molecule is O=C(C[C@@H]1COC2(C1)CN(C(=O)CCc1nc3ccccc3s1)C2)N1CCOCC1. The van der Waals surface area contributed by atoms with Crippen LogP contribution in [0.15, 0.2) is 24.3 Å². The van der Waals surface area contributed by atoms with Gasteiger partial charge in [-0.15, -0.1) is 11.3 Å². The Kier molecular flexibility index (Phi) is 5.47. The molecule has 0 N–H and O–H groups in total. The Morgan fingerprint density at radius 1 is 1.13 bits per heavy atom. The number of benzene rings is 1. The van der Waals surface area contributed by atoms with Gasteiger partial charge in [-0.2, -0.15) is 0 Å². The molecule has 30 heavy (non-hydrogen) atoms. The van der Waals surface area contributed by atoms with Gasteiger partial charge < -0.3 is 19.3 Å². The number of morpholine rings is 1. The summed E-state index contributed by atoms with van der Waals surface area (Å²) in [6.07, 6.45) is 2.56. The Bertz CT molecular complexity index is 900. The van der Waals surface area contributed by atoms with Gasteiger partial charge >= 0.3 is 0 Å². The number of thiazole rings is 1. The number of carbonyl (C=O) groups is 2. The summed E-state index contributed by atoms with van der Waals surface area (Å²) in [5.74, 6) is 0.615. The number of hydrogen-bond acceptors (Lipinski definition) is 6. The van der Waals surface area contributed by atoms with Crippen LogP contribution < -0.4 is 0 Å². The first-order chi connectivity index (χ1) is 14.6. The molecule has 2 amide bonds. The van der Waals surface area contributed by atoms with Gasteiger partial charge in [0.15, 0.2) is 0 Å². The molecule has 2 aromatic rings. The predicted molar refractivity (Wildman–Crippen MR) is 113 cm³/mol. The summed E-state index contributed by atoms with van der Waals surface area (Å²) in [4.78, 5) is 33.5. The van der Waals surface area contributed by atoms with Gasteiger partial charge in [-0.3, -0.25) is 9.59 Å². The fourth-order valence-corrected chi connectivity index (χ4v) is 5.67. The minimum atomic E-state index is -0.235. The summed E-state index contributed by atoms with van der Waals surface area (Å²) in [5, 5.41) is 1.01. The topological polar surface area (TPSA) is 72.0 Å². The number of nitrogens with zero attached hydrogens (tertiary/aromatic N) is 3. The second-order valence-corrected chi connectivity index (χ2v) is 9.70. The lowest BCUT2D eigenvalue weighted by molar-refractivity contribution is -0.157. The minimum Gasteiger partial charge on any atom is -0.378 e. The molecule has 5 rings (SSSR count). The monoisotopic (exact) mass is 429 g/mol. The van der Waals surface area contributed by atoms with E-state index in [0.717, 1.165) is 16.9 Å². The fourth-order valence-electron chi connectivity index (χ4n) is 4.70. The lowest BCUT2D eigenvalue weighted by Gasteiger charge is -2.47. The van der Waals surface area contributed by atoms with Crippen molar-refractivity contribution < 1.29 is 19.1 Å². The zero-order valence-corrected chi connectivity index (χ0v) is 17.9. The minimum absolute atomic E-state index is 0.163. The van der Waals surface area contributed by atoms with Gasteiger partial charge in [-0.1, -0.05) is 12.1 Å². The Balaban J connectivity index is 1.07. The molecular formula is C22H27N3O4S. The average molecular weight is 430 g/mol. The zero-order valence-electron chi connectivity index (χ0n) is 17.0. The van der Waals surface area contributed by atoms with Crippen LogP contribution in [0.25, 0.3) is 10.2 Å². The van der Waals surface area contributed by atoms with Crippen LogP contribution in [0.4, 0.5) is 0 Å². The molecule has 1 aromatic carbocycles. The highest BCUT2D eigenvalue weighted by atomic mass is 32.1. The molecule has 8 heteroatoms. The first-order valence-electron chi connectivity index (χ1n) is 10.7. The number of aromatic nitrogens is 1. The van der Waals surface area contributed by atoms with E-state index in [2.05, 4.69) is 11.1 Å². The van der Waals surface area contributed by atoms with Gasteiger partial charge in [-0.05, 0) is 24.5 Å². The highest BCUT2D eigenvalue weighted by molar-refractivity contribution is 7.18. The molecule has 1 spiro atoms. The van der Waals surface area contributed by atoms with Gasteiger partial charge in [0.25, 0.3) is 0 Å². The van der Waals surface area contributed by atoms with Crippen molar-refractivity contribution in [2.24, 2.45) is 5.92 Å². The van der Waals surface area contributed by atoms with Gasteiger partial charge in [0.05, 0.1) is 48.1 Å². The van der Waals surface area contributed by atoms with Crippen LogP contribution in [-0.2, 0) is 25.5 Å². The number of para-hydroxylation sites is 1. The van der Waals surface area contributed by atoms with Crippen molar-refractivity contribution in [3.63, 3.8) is 0 Å². The molecule has 1 atom stereocenters. The molecule has 7 nitrogen and oxygen atoms in total. The maximum atomic E-state index is 12.6. The van der Waals surface area contributed by atoms with Crippen molar-refractivity contribution in [2.75, 3.05) is 46.0 Å². The highest BCUT2D eigenvalue weighted by Crippen LogP contribution is 2.39. The van der Waals surface area contributed by atoms with Crippen LogP contribution in [-0.4, -0.2) is 78.2 Å². The van der Waals surface area contributed by atoms with Crippen LogP contribution in [0, 0.1) is 5.92 Å². The number of amides is 2. The van der Waals surface area contributed by atoms with Crippen LogP contribution in [0.1, 0.15) is 24.3 Å². The van der Waals surface area contributed by atoms with E-state index in [1.807, 2.05) is 28.0 Å². The molecule has 0 radical (unpaired) electrons. The average Bonchev–Trinajstić information content (AvgIpc) is 3.35. The lowest BCUT2D eigenvalue weighted by atomic mass is 9.85. The van der Waals surface area contributed by atoms with Crippen molar-refractivity contribution in [3.8, 4) is 0 Å². The molecule has 0 saturated carbocycles. The molecule has 3 aliphatic rings. The third kappa shape index (κ3) is 4.08. The van der Waals surface area contributed by atoms with E-state index in [0.29, 0.717) is 65.3 Å². The molecule has 160 valence electrons. The molecule has 0 aliphatic carbocycles. The molecule has 0 bridgehead atoms. The molecule has 0 unspecified atom stereocenters.